The fourth-order valence-corrected chi connectivity index (χ4v) is 4.20. The van der Waals surface area contributed by atoms with Crippen molar-refractivity contribution in [2.45, 2.75) is 90.7 Å². The van der Waals surface area contributed by atoms with E-state index in [2.05, 4.69) is 6.92 Å². The molecule has 0 aliphatic rings. The molecular weight excluding hydrogens is 503 g/mol. The summed E-state index contributed by atoms with van der Waals surface area (Å²) in [6.07, 6.45) is 4.32. The fourth-order valence-electron chi connectivity index (χ4n) is 4.20. The lowest BCUT2D eigenvalue weighted by molar-refractivity contribution is -0.180. The molecule has 3 nitrogen and oxygen atoms in total. The highest BCUT2D eigenvalue weighted by Gasteiger charge is 2.38. The Kier molecular flexibility index (Phi) is 13.6. The first-order valence-electron chi connectivity index (χ1n) is 13.6. The fraction of sp³-hybridized carbons (Fsp3) is 0.567. The predicted molar refractivity (Wildman–Crippen MR) is 139 cm³/mol. The van der Waals surface area contributed by atoms with E-state index in [9.17, 15) is 26.7 Å². The van der Waals surface area contributed by atoms with Crippen molar-refractivity contribution in [1.29, 1.82) is 0 Å². The van der Waals surface area contributed by atoms with E-state index in [-0.39, 0.29) is 12.0 Å². The Labute approximate surface area is 222 Å². The molecule has 0 fully saturated rings. The van der Waals surface area contributed by atoms with Crippen molar-refractivity contribution >= 4 is 5.97 Å². The van der Waals surface area contributed by atoms with Crippen molar-refractivity contribution in [3.05, 3.63) is 53.6 Å². The number of carbonyl (C=O) groups is 1. The minimum atomic E-state index is -4.41. The molecule has 1 unspecified atom stereocenters. The second kappa shape index (κ2) is 16.4. The van der Waals surface area contributed by atoms with Crippen LogP contribution in [0.2, 0.25) is 0 Å². The van der Waals surface area contributed by atoms with Gasteiger partial charge in [0.2, 0.25) is 0 Å². The number of hydrogen-bond acceptors (Lipinski definition) is 3. The van der Waals surface area contributed by atoms with Crippen LogP contribution in [0.25, 0.3) is 11.1 Å². The molecule has 0 radical (unpaired) electrons. The Bertz CT molecular complexity index is 973. The number of benzene rings is 2. The van der Waals surface area contributed by atoms with Crippen LogP contribution in [-0.4, -0.2) is 25.4 Å². The third-order valence-electron chi connectivity index (χ3n) is 6.55. The molecule has 0 saturated heterocycles. The van der Waals surface area contributed by atoms with E-state index >= 15 is 0 Å². The zero-order chi connectivity index (χ0) is 28.0. The molecule has 2 rings (SSSR count). The number of ether oxygens (including phenoxy) is 2. The lowest BCUT2D eigenvalue weighted by Gasteiger charge is -2.19. The number of carbonyl (C=O) groups excluding carboxylic acids is 1. The predicted octanol–water partition coefficient (Wildman–Crippen LogP) is 9.68. The summed E-state index contributed by atoms with van der Waals surface area (Å²) in [6, 6.07) is 8.88. The van der Waals surface area contributed by atoms with Crippen LogP contribution in [-0.2, 0) is 4.74 Å². The molecular formula is C30H39F5O3. The molecule has 0 amide bonds. The second-order valence-electron chi connectivity index (χ2n) is 9.59. The van der Waals surface area contributed by atoms with Gasteiger partial charge >= 0.3 is 12.1 Å². The van der Waals surface area contributed by atoms with Gasteiger partial charge in [0.1, 0.15) is 5.75 Å². The standard InChI is InChI=1S/C30H39F5O3/c1-3-5-7-8-9-10-11-20-37-24-15-13-22(14-16-24)25-17-18-26(28(32)27(25)31)29(36)38-21-19-23(12-6-4-2)30(33,34)35/h13-18,23H,3-12,19-21H2,1-2H3. The summed E-state index contributed by atoms with van der Waals surface area (Å²) in [7, 11) is 0. The Morgan fingerprint density at radius 3 is 2.03 bits per heavy atom. The van der Waals surface area contributed by atoms with Crippen molar-refractivity contribution in [3.8, 4) is 16.9 Å². The molecule has 0 aliphatic heterocycles. The maximum absolute atomic E-state index is 14.8. The van der Waals surface area contributed by atoms with Crippen LogP contribution in [0.15, 0.2) is 36.4 Å². The molecule has 0 bridgehead atoms. The first-order valence-corrected chi connectivity index (χ1v) is 13.6. The largest absolute Gasteiger partial charge is 0.494 e. The summed E-state index contributed by atoms with van der Waals surface area (Å²) in [4.78, 5) is 12.2. The molecule has 0 spiro atoms. The summed E-state index contributed by atoms with van der Waals surface area (Å²) in [5.41, 5.74) is -0.305. The van der Waals surface area contributed by atoms with Crippen LogP contribution in [0.5, 0.6) is 5.75 Å². The normalized spacial score (nSPS) is 12.4. The van der Waals surface area contributed by atoms with Gasteiger partial charge in [0.05, 0.1) is 24.7 Å². The van der Waals surface area contributed by atoms with Crippen molar-refractivity contribution in [1.82, 2.24) is 0 Å². The maximum Gasteiger partial charge on any atom is 0.391 e. The van der Waals surface area contributed by atoms with Crippen LogP contribution < -0.4 is 4.74 Å². The maximum atomic E-state index is 14.8. The van der Waals surface area contributed by atoms with E-state index in [1.54, 1.807) is 31.2 Å². The summed E-state index contributed by atoms with van der Waals surface area (Å²) in [6.45, 7) is 4.02. The molecule has 8 heteroatoms. The monoisotopic (exact) mass is 542 g/mol. The van der Waals surface area contributed by atoms with Crippen molar-refractivity contribution in [3.63, 3.8) is 0 Å². The zero-order valence-corrected chi connectivity index (χ0v) is 22.3. The molecule has 2 aromatic rings. The lowest BCUT2D eigenvalue weighted by atomic mass is 9.98. The van der Waals surface area contributed by atoms with Crippen LogP contribution in [0.4, 0.5) is 22.0 Å². The van der Waals surface area contributed by atoms with E-state index in [0.29, 0.717) is 30.8 Å². The first kappa shape index (κ1) is 31.6. The summed E-state index contributed by atoms with van der Waals surface area (Å²) in [5.74, 6) is -4.81. The molecule has 0 saturated carbocycles. The Balaban J connectivity index is 1.90. The van der Waals surface area contributed by atoms with Gasteiger partial charge in [-0.1, -0.05) is 83.4 Å². The van der Waals surface area contributed by atoms with Gasteiger partial charge in [-0.3, -0.25) is 0 Å². The molecule has 0 heterocycles. The Morgan fingerprint density at radius 1 is 0.763 bits per heavy atom. The van der Waals surface area contributed by atoms with Gasteiger partial charge in [-0.2, -0.15) is 13.2 Å². The van der Waals surface area contributed by atoms with Gasteiger partial charge in [-0.05, 0) is 43.0 Å². The van der Waals surface area contributed by atoms with E-state index in [1.165, 1.54) is 38.2 Å². The zero-order valence-electron chi connectivity index (χ0n) is 22.3. The molecule has 0 aromatic heterocycles. The molecule has 0 aliphatic carbocycles. The van der Waals surface area contributed by atoms with Gasteiger partial charge in [0.25, 0.3) is 0 Å². The highest BCUT2D eigenvalue weighted by molar-refractivity contribution is 5.90. The second-order valence-corrected chi connectivity index (χ2v) is 9.59. The summed E-state index contributed by atoms with van der Waals surface area (Å²) >= 11 is 0. The van der Waals surface area contributed by atoms with E-state index in [0.717, 1.165) is 18.9 Å². The topological polar surface area (TPSA) is 35.5 Å². The van der Waals surface area contributed by atoms with Crippen molar-refractivity contribution in [2.75, 3.05) is 13.2 Å². The molecule has 38 heavy (non-hydrogen) atoms. The molecule has 1 atom stereocenters. The number of rotatable bonds is 17. The molecule has 212 valence electrons. The number of alkyl halides is 3. The third kappa shape index (κ3) is 10.3. The lowest BCUT2D eigenvalue weighted by Crippen LogP contribution is -2.25. The highest BCUT2D eigenvalue weighted by atomic mass is 19.4. The van der Waals surface area contributed by atoms with Crippen LogP contribution in [0.1, 0.15) is 94.8 Å². The Hall–Kier alpha value is -2.64. The van der Waals surface area contributed by atoms with Gasteiger partial charge in [-0.15, -0.1) is 0 Å². The first-order chi connectivity index (χ1) is 18.2. The number of hydrogen-bond donors (Lipinski definition) is 0. The summed E-state index contributed by atoms with van der Waals surface area (Å²) < 4.78 is 79.4. The quantitative estimate of drug-likeness (QED) is 0.113. The highest BCUT2D eigenvalue weighted by Crippen LogP contribution is 2.33. The van der Waals surface area contributed by atoms with Crippen LogP contribution >= 0.6 is 0 Å². The van der Waals surface area contributed by atoms with Crippen LogP contribution in [0.3, 0.4) is 0 Å². The third-order valence-corrected chi connectivity index (χ3v) is 6.55. The van der Waals surface area contributed by atoms with E-state index in [1.807, 2.05) is 0 Å². The molecule has 0 N–H and O–H groups in total. The van der Waals surface area contributed by atoms with Crippen molar-refractivity contribution < 1.29 is 36.2 Å². The summed E-state index contributed by atoms with van der Waals surface area (Å²) in [5, 5.41) is 0. The minimum Gasteiger partial charge on any atom is -0.494 e. The van der Waals surface area contributed by atoms with Gasteiger partial charge < -0.3 is 9.47 Å². The van der Waals surface area contributed by atoms with E-state index < -0.39 is 48.3 Å². The molecule has 2 aromatic carbocycles. The van der Waals surface area contributed by atoms with Gasteiger partial charge in [-0.25, -0.2) is 13.6 Å². The number of esters is 1. The number of unbranched alkanes of at least 4 members (excludes halogenated alkanes) is 7. The average molecular weight is 543 g/mol. The Morgan fingerprint density at radius 2 is 1.39 bits per heavy atom. The smallest absolute Gasteiger partial charge is 0.391 e. The SMILES string of the molecule is CCCCCCCCCOc1ccc(-c2ccc(C(=O)OCCC(CCCC)C(F)(F)F)c(F)c2F)cc1. The van der Waals surface area contributed by atoms with Crippen molar-refractivity contribution in [2.24, 2.45) is 5.92 Å². The van der Waals surface area contributed by atoms with E-state index in [4.69, 9.17) is 9.47 Å². The average Bonchev–Trinajstić information content (AvgIpc) is 2.88. The van der Waals surface area contributed by atoms with Gasteiger partial charge in [0.15, 0.2) is 11.6 Å². The minimum absolute atomic E-state index is 0.0469. The van der Waals surface area contributed by atoms with Crippen LogP contribution in [0, 0.1) is 17.6 Å². The van der Waals surface area contributed by atoms with Gasteiger partial charge in [0, 0.05) is 5.56 Å². The number of halogens is 5.